The third-order valence-corrected chi connectivity index (χ3v) is 4.76. The van der Waals surface area contributed by atoms with Gasteiger partial charge in [-0.15, -0.1) is 0 Å². The molecule has 1 aliphatic rings. The van der Waals surface area contributed by atoms with Gasteiger partial charge in [-0.1, -0.05) is 12.1 Å². The third-order valence-electron chi connectivity index (χ3n) is 4.76. The normalized spacial score (nSPS) is 17.0. The number of carbonyl (C=O) groups excluding carboxylic acids is 2. The van der Waals surface area contributed by atoms with Gasteiger partial charge in [0.25, 0.3) is 0 Å². The molecule has 3 rings (SSSR count). The molecule has 1 unspecified atom stereocenters. The van der Waals surface area contributed by atoms with Crippen molar-refractivity contribution in [3.63, 3.8) is 0 Å². The Labute approximate surface area is 157 Å². The predicted octanol–water partition coefficient (Wildman–Crippen LogP) is 2.12. The highest BCUT2D eigenvalue weighted by atomic mass is 19.1. The maximum Gasteiger partial charge on any atom is 0.237 e. The number of likely N-dealkylation sites (tertiary alicyclic amines) is 1. The average molecular weight is 373 g/mol. The minimum Gasteiger partial charge on any atom is -0.467 e. The van der Waals surface area contributed by atoms with E-state index in [1.54, 1.807) is 37.5 Å². The van der Waals surface area contributed by atoms with Gasteiger partial charge in [-0.3, -0.25) is 14.5 Å². The lowest BCUT2D eigenvalue weighted by Gasteiger charge is -2.23. The smallest absolute Gasteiger partial charge is 0.237 e. The van der Waals surface area contributed by atoms with Crippen molar-refractivity contribution in [2.45, 2.75) is 38.9 Å². The van der Waals surface area contributed by atoms with Gasteiger partial charge in [0.15, 0.2) is 0 Å². The van der Waals surface area contributed by atoms with E-state index in [0.29, 0.717) is 30.0 Å². The zero-order chi connectivity index (χ0) is 19.2. The fourth-order valence-electron chi connectivity index (χ4n) is 3.20. The molecule has 7 heteroatoms. The highest BCUT2D eigenvalue weighted by molar-refractivity contribution is 5.84. The van der Waals surface area contributed by atoms with Crippen molar-refractivity contribution in [1.82, 2.24) is 15.5 Å². The van der Waals surface area contributed by atoms with Crippen molar-refractivity contribution in [3.8, 4) is 0 Å². The largest absolute Gasteiger partial charge is 0.467 e. The van der Waals surface area contributed by atoms with Crippen LogP contribution in [0.25, 0.3) is 0 Å². The number of furan rings is 1. The summed E-state index contributed by atoms with van der Waals surface area (Å²) in [6, 6.07) is 8.16. The Kier molecular flexibility index (Phi) is 6.24. The molecule has 1 aliphatic heterocycles. The molecule has 2 amide bonds. The second-order valence-electron chi connectivity index (χ2n) is 6.79. The van der Waals surface area contributed by atoms with E-state index in [1.807, 2.05) is 4.90 Å². The molecule has 0 aliphatic carbocycles. The van der Waals surface area contributed by atoms with Gasteiger partial charge >= 0.3 is 0 Å². The molecule has 0 bridgehead atoms. The lowest BCUT2D eigenvalue weighted by Crippen LogP contribution is -2.46. The zero-order valence-corrected chi connectivity index (χ0v) is 15.3. The molecule has 1 aromatic heterocycles. The van der Waals surface area contributed by atoms with Crippen LogP contribution in [0.5, 0.6) is 0 Å². The highest BCUT2D eigenvalue weighted by Crippen LogP contribution is 2.17. The fraction of sp³-hybridized carbons (Fsp3) is 0.400. The first kappa shape index (κ1) is 19.1. The number of hydrogen-bond acceptors (Lipinski definition) is 4. The number of nitrogens with one attached hydrogen (secondary N) is 2. The molecule has 2 heterocycles. The lowest BCUT2D eigenvalue weighted by molar-refractivity contribution is -0.127. The standard InChI is InChI=1S/C20H24FN3O3/c1-14-6-7-15(10-17(14)21)11-22-19(25)13-24-8-2-5-18(24)20(26)23-12-16-4-3-9-27-16/h3-4,6-7,9-10,18H,2,5,8,11-13H2,1H3,(H,22,25)(H,23,26). The maximum absolute atomic E-state index is 13.6. The predicted molar refractivity (Wildman–Crippen MR) is 98.1 cm³/mol. The number of rotatable bonds is 7. The number of halogens is 1. The van der Waals surface area contributed by atoms with Crippen LogP contribution < -0.4 is 10.6 Å². The van der Waals surface area contributed by atoms with Crippen LogP contribution in [0.15, 0.2) is 41.0 Å². The van der Waals surface area contributed by atoms with Gasteiger partial charge in [0, 0.05) is 6.54 Å². The second-order valence-corrected chi connectivity index (χ2v) is 6.79. The first-order valence-electron chi connectivity index (χ1n) is 9.09. The third kappa shape index (κ3) is 5.17. The second kappa shape index (κ2) is 8.81. The number of carbonyl (C=O) groups is 2. The number of benzene rings is 1. The Morgan fingerprint density at radius 3 is 2.85 bits per heavy atom. The molecule has 6 nitrogen and oxygen atoms in total. The van der Waals surface area contributed by atoms with Crippen LogP contribution in [0.2, 0.25) is 0 Å². The number of hydrogen-bond donors (Lipinski definition) is 2. The molecule has 144 valence electrons. The van der Waals surface area contributed by atoms with E-state index in [-0.39, 0.29) is 36.8 Å². The van der Waals surface area contributed by atoms with Gasteiger partial charge < -0.3 is 15.1 Å². The molecule has 2 N–H and O–H groups in total. The summed E-state index contributed by atoms with van der Waals surface area (Å²) in [5.41, 5.74) is 1.28. The summed E-state index contributed by atoms with van der Waals surface area (Å²) < 4.78 is 18.8. The first-order valence-corrected chi connectivity index (χ1v) is 9.09. The van der Waals surface area contributed by atoms with E-state index < -0.39 is 0 Å². The van der Waals surface area contributed by atoms with Gasteiger partial charge in [0.05, 0.1) is 25.4 Å². The molecule has 2 aromatic rings. The highest BCUT2D eigenvalue weighted by Gasteiger charge is 2.31. The minimum atomic E-state index is -0.317. The maximum atomic E-state index is 13.6. The van der Waals surface area contributed by atoms with E-state index in [1.165, 1.54) is 6.07 Å². The van der Waals surface area contributed by atoms with E-state index in [2.05, 4.69) is 10.6 Å². The van der Waals surface area contributed by atoms with Crippen LogP contribution in [-0.4, -0.2) is 35.8 Å². The van der Waals surface area contributed by atoms with Gasteiger partial charge in [-0.05, 0) is 55.6 Å². The van der Waals surface area contributed by atoms with Crippen molar-refractivity contribution in [3.05, 3.63) is 59.3 Å². The number of amides is 2. The van der Waals surface area contributed by atoms with Crippen molar-refractivity contribution in [2.75, 3.05) is 13.1 Å². The van der Waals surface area contributed by atoms with Gasteiger partial charge in [0.2, 0.25) is 11.8 Å². The van der Waals surface area contributed by atoms with Crippen molar-refractivity contribution < 1.29 is 18.4 Å². The molecular formula is C20H24FN3O3. The molecule has 0 spiro atoms. The van der Waals surface area contributed by atoms with Gasteiger partial charge in [0.1, 0.15) is 11.6 Å². The van der Waals surface area contributed by atoms with Crippen LogP contribution >= 0.6 is 0 Å². The monoisotopic (exact) mass is 373 g/mol. The summed E-state index contributed by atoms with van der Waals surface area (Å²) in [6.45, 7) is 3.14. The van der Waals surface area contributed by atoms with Crippen LogP contribution in [-0.2, 0) is 22.7 Å². The van der Waals surface area contributed by atoms with Gasteiger partial charge in [-0.2, -0.15) is 0 Å². The summed E-state index contributed by atoms with van der Waals surface area (Å²) in [5, 5.41) is 5.64. The zero-order valence-electron chi connectivity index (χ0n) is 15.3. The summed E-state index contributed by atoms with van der Waals surface area (Å²) in [7, 11) is 0. The number of nitrogens with zero attached hydrogens (tertiary/aromatic N) is 1. The lowest BCUT2D eigenvalue weighted by atomic mass is 10.1. The quantitative estimate of drug-likeness (QED) is 0.780. The summed E-state index contributed by atoms with van der Waals surface area (Å²) in [4.78, 5) is 26.5. The molecule has 0 radical (unpaired) electrons. The molecule has 1 fully saturated rings. The Morgan fingerprint density at radius 2 is 2.11 bits per heavy atom. The molecule has 0 saturated carbocycles. The Morgan fingerprint density at radius 1 is 1.26 bits per heavy atom. The van der Waals surface area contributed by atoms with Crippen molar-refractivity contribution in [1.29, 1.82) is 0 Å². The van der Waals surface area contributed by atoms with E-state index >= 15 is 0 Å². The topological polar surface area (TPSA) is 74.6 Å². The van der Waals surface area contributed by atoms with Crippen molar-refractivity contribution in [2.24, 2.45) is 0 Å². The molecule has 1 atom stereocenters. The molecule has 1 aromatic carbocycles. The average Bonchev–Trinajstić information content (AvgIpc) is 3.32. The Balaban J connectivity index is 1.47. The Hall–Kier alpha value is -2.67. The molecule has 27 heavy (non-hydrogen) atoms. The van der Waals surface area contributed by atoms with Gasteiger partial charge in [-0.25, -0.2) is 4.39 Å². The molecule has 1 saturated heterocycles. The molecular weight excluding hydrogens is 349 g/mol. The summed E-state index contributed by atoms with van der Waals surface area (Å²) in [6.07, 6.45) is 3.16. The van der Waals surface area contributed by atoms with E-state index in [9.17, 15) is 14.0 Å². The van der Waals surface area contributed by atoms with Crippen LogP contribution in [0.4, 0.5) is 4.39 Å². The van der Waals surface area contributed by atoms with Crippen LogP contribution in [0.3, 0.4) is 0 Å². The minimum absolute atomic E-state index is 0.0997. The fourth-order valence-corrected chi connectivity index (χ4v) is 3.20. The van der Waals surface area contributed by atoms with E-state index in [4.69, 9.17) is 4.42 Å². The summed E-state index contributed by atoms with van der Waals surface area (Å²) >= 11 is 0. The van der Waals surface area contributed by atoms with Crippen molar-refractivity contribution >= 4 is 11.8 Å². The number of aryl methyl sites for hydroxylation is 1. The first-order chi connectivity index (χ1) is 13.0. The summed E-state index contributed by atoms with van der Waals surface area (Å²) in [5.74, 6) is 0.129. The van der Waals surface area contributed by atoms with Crippen LogP contribution in [0.1, 0.15) is 29.7 Å². The SMILES string of the molecule is Cc1ccc(CNC(=O)CN2CCCC2C(=O)NCc2ccco2)cc1F. The Bertz CT molecular complexity index is 792. The van der Waals surface area contributed by atoms with Crippen LogP contribution in [0, 0.1) is 12.7 Å². The van der Waals surface area contributed by atoms with E-state index in [0.717, 1.165) is 12.8 Å².